The third-order valence-corrected chi connectivity index (χ3v) is 4.37. The number of aliphatic hydroxyl groups is 1. The Balaban J connectivity index is 2.31. The number of unbranched alkanes of at least 4 members (excludes halogenated alkanes) is 3. The Morgan fingerprint density at radius 1 is 1.22 bits per heavy atom. The van der Waals surface area contributed by atoms with Crippen LogP contribution in [0.15, 0.2) is 35.6 Å². The summed E-state index contributed by atoms with van der Waals surface area (Å²) in [6.45, 7) is 4.02. The third-order valence-electron chi connectivity index (χ3n) is 4.12. The molecule has 0 fully saturated rings. The average Bonchev–Trinajstić information content (AvgIpc) is 2.77. The van der Waals surface area contributed by atoms with Crippen molar-refractivity contribution in [2.45, 2.75) is 45.6 Å². The molecule has 0 radical (unpaired) electrons. The summed E-state index contributed by atoms with van der Waals surface area (Å²) < 4.78 is 0. The number of carbonyl (C=O) groups excluding carboxylic acids is 2. The number of benzene rings is 1. The molecule has 2 rings (SSSR count). The Morgan fingerprint density at radius 3 is 2.43 bits per heavy atom. The first-order valence-electron chi connectivity index (χ1n) is 7.97. The van der Waals surface area contributed by atoms with Gasteiger partial charge in [0, 0.05) is 11.6 Å². The van der Waals surface area contributed by atoms with Crippen LogP contribution in [0.3, 0.4) is 0 Å². The van der Waals surface area contributed by atoms with Gasteiger partial charge in [0.15, 0.2) is 11.5 Å². The standard InChI is InChI=1S/C18H22ClNO3/c1-3-4-5-6-11-20-16(13-7-9-14(19)10-8-13)15(12(2)21)17(22)18(20)23/h7-10,16,22H,3-6,11H2,1-2H3/t16-/m0/s1. The van der Waals surface area contributed by atoms with E-state index in [2.05, 4.69) is 6.92 Å². The summed E-state index contributed by atoms with van der Waals surface area (Å²) in [7, 11) is 0. The minimum Gasteiger partial charge on any atom is -0.503 e. The number of aliphatic hydroxyl groups excluding tert-OH is 1. The van der Waals surface area contributed by atoms with E-state index in [4.69, 9.17) is 11.6 Å². The lowest BCUT2D eigenvalue weighted by atomic mass is 9.96. The summed E-state index contributed by atoms with van der Waals surface area (Å²) >= 11 is 5.92. The Labute approximate surface area is 141 Å². The Hall–Kier alpha value is -1.81. The molecule has 5 heteroatoms. The molecule has 0 saturated carbocycles. The summed E-state index contributed by atoms with van der Waals surface area (Å²) in [6.07, 6.45) is 4.08. The van der Waals surface area contributed by atoms with Crippen molar-refractivity contribution in [3.63, 3.8) is 0 Å². The van der Waals surface area contributed by atoms with Gasteiger partial charge in [-0.25, -0.2) is 0 Å². The molecule has 1 amide bonds. The molecule has 0 bridgehead atoms. The number of halogens is 1. The van der Waals surface area contributed by atoms with Gasteiger partial charge >= 0.3 is 0 Å². The van der Waals surface area contributed by atoms with Crippen LogP contribution in [0.5, 0.6) is 0 Å². The van der Waals surface area contributed by atoms with Gasteiger partial charge in [-0.2, -0.15) is 0 Å². The van der Waals surface area contributed by atoms with Gasteiger partial charge in [-0.15, -0.1) is 0 Å². The minimum atomic E-state index is -0.529. The number of ketones is 1. The number of hydrogen-bond donors (Lipinski definition) is 1. The largest absolute Gasteiger partial charge is 0.503 e. The molecule has 0 unspecified atom stereocenters. The van der Waals surface area contributed by atoms with E-state index >= 15 is 0 Å². The lowest BCUT2D eigenvalue weighted by Crippen LogP contribution is -2.32. The monoisotopic (exact) mass is 335 g/mol. The van der Waals surface area contributed by atoms with Crippen LogP contribution < -0.4 is 0 Å². The Kier molecular flexibility index (Phi) is 5.83. The summed E-state index contributed by atoms with van der Waals surface area (Å²) in [6, 6.07) is 6.51. The average molecular weight is 336 g/mol. The van der Waals surface area contributed by atoms with Crippen LogP contribution in [0.2, 0.25) is 5.02 Å². The van der Waals surface area contributed by atoms with Gasteiger partial charge in [0.1, 0.15) is 0 Å². The fourth-order valence-corrected chi connectivity index (χ4v) is 3.07. The van der Waals surface area contributed by atoms with Crippen molar-refractivity contribution in [3.8, 4) is 0 Å². The quantitative estimate of drug-likeness (QED) is 0.759. The van der Waals surface area contributed by atoms with Gasteiger partial charge < -0.3 is 10.0 Å². The molecule has 0 aromatic heterocycles. The van der Waals surface area contributed by atoms with Crippen molar-refractivity contribution < 1.29 is 14.7 Å². The first-order valence-corrected chi connectivity index (χ1v) is 8.35. The molecular weight excluding hydrogens is 314 g/mol. The van der Waals surface area contributed by atoms with E-state index in [1.165, 1.54) is 6.92 Å². The van der Waals surface area contributed by atoms with Crippen molar-refractivity contribution in [2.75, 3.05) is 6.54 Å². The summed E-state index contributed by atoms with van der Waals surface area (Å²) in [5.41, 5.74) is 0.959. The maximum Gasteiger partial charge on any atom is 0.290 e. The lowest BCUT2D eigenvalue weighted by Gasteiger charge is -2.26. The van der Waals surface area contributed by atoms with Crippen molar-refractivity contribution in [2.24, 2.45) is 0 Å². The number of carbonyl (C=O) groups is 2. The van der Waals surface area contributed by atoms with E-state index in [9.17, 15) is 14.7 Å². The van der Waals surface area contributed by atoms with Crippen molar-refractivity contribution >= 4 is 23.3 Å². The van der Waals surface area contributed by atoms with E-state index < -0.39 is 17.7 Å². The van der Waals surface area contributed by atoms with Crippen LogP contribution in [0.4, 0.5) is 0 Å². The molecule has 0 spiro atoms. The Bertz CT molecular complexity index is 622. The molecule has 0 aliphatic carbocycles. The van der Waals surface area contributed by atoms with Crippen LogP contribution in [-0.4, -0.2) is 28.2 Å². The molecule has 23 heavy (non-hydrogen) atoms. The fourth-order valence-electron chi connectivity index (χ4n) is 2.94. The summed E-state index contributed by atoms with van der Waals surface area (Å²) in [5.74, 6) is -1.17. The maximum absolute atomic E-state index is 12.4. The van der Waals surface area contributed by atoms with E-state index in [-0.39, 0.29) is 11.4 Å². The van der Waals surface area contributed by atoms with Gasteiger partial charge in [0.05, 0.1) is 11.6 Å². The fraction of sp³-hybridized carbons (Fsp3) is 0.444. The first kappa shape index (κ1) is 17.5. The van der Waals surface area contributed by atoms with Gasteiger partial charge in [-0.3, -0.25) is 9.59 Å². The molecule has 1 aromatic carbocycles. The normalized spacial score (nSPS) is 18.0. The molecule has 1 aliphatic rings. The predicted molar refractivity (Wildman–Crippen MR) is 90.4 cm³/mol. The molecular formula is C18H22ClNO3. The second-order valence-electron chi connectivity index (χ2n) is 5.83. The van der Waals surface area contributed by atoms with Crippen LogP contribution in [-0.2, 0) is 9.59 Å². The first-order chi connectivity index (χ1) is 11.0. The van der Waals surface area contributed by atoms with Crippen molar-refractivity contribution in [1.29, 1.82) is 0 Å². The second-order valence-corrected chi connectivity index (χ2v) is 6.27. The molecule has 0 saturated heterocycles. The van der Waals surface area contributed by atoms with E-state index in [0.717, 1.165) is 31.2 Å². The zero-order valence-electron chi connectivity index (χ0n) is 13.5. The van der Waals surface area contributed by atoms with Gasteiger partial charge in [-0.05, 0) is 31.0 Å². The van der Waals surface area contributed by atoms with Crippen LogP contribution >= 0.6 is 11.6 Å². The van der Waals surface area contributed by atoms with Crippen molar-refractivity contribution in [1.82, 2.24) is 4.90 Å². The maximum atomic E-state index is 12.4. The molecule has 1 N–H and O–H groups in total. The number of Topliss-reactive ketones (excluding diaryl/α,β-unsaturated/α-hetero) is 1. The number of nitrogens with zero attached hydrogens (tertiary/aromatic N) is 1. The smallest absolute Gasteiger partial charge is 0.290 e. The van der Waals surface area contributed by atoms with Crippen LogP contribution in [0, 0.1) is 0 Å². The Morgan fingerprint density at radius 2 is 1.87 bits per heavy atom. The van der Waals surface area contributed by atoms with Gasteiger partial charge in [0.25, 0.3) is 5.91 Å². The predicted octanol–water partition coefficient (Wildman–Crippen LogP) is 4.20. The highest BCUT2D eigenvalue weighted by atomic mass is 35.5. The lowest BCUT2D eigenvalue weighted by molar-refractivity contribution is -0.129. The van der Waals surface area contributed by atoms with Crippen LogP contribution in [0.25, 0.3) is 0 Å². The molecule has 1 atom stereocenters. The molecule has 1 heterocycles. The van der Waals surface area contributed by atoms with E-state index in [0.29, 0.717) is 11.6 Å². The van der Waals surface area contributed by atoms with Crippen LogP contribution in [0.1, 0.15) is 51.1 Å². The highest BCUT2D eigenvalue weighted by Crippen LogP contribution is 2.38. The summed E-state index contributed by atoms with van der Waals surface area (Å²) in [4.78, 5) is 25.9. The molecule has 1 aliphatic heterocycles. The molecule has 124 valence electrons. The van der Waals surface area contributed by atoms with E-state index in [1.54, 1.807) is 29.2 Å². The molecule has 4 nitrogen and oxygen atoms in total. The molecule has 1 aromatic rings. The zero-order valence-corrected chi connectivity index (χ0v) is 14.3. The number of amides is 1. The van der Waals surface area contributed by atoms with E-state index in [1.807, 2.05) is 0 Å². The van der Waals surface area contributed by atoms with Gasteiger partial charge in [-0.1, -0.05) is 49.9 Å². The third kappa shape index (κ3) is 3.75. The highest BCUT2D eigenvalue weighted by Gasteiger charge is 2.41. The summed E-state index contributed by atoms with van der Waals surface area (Å²) in [5, 5.41) is 10.7. The number of rotatable bonds is 7. The van der Waals surface area contributed by atoms with Gasteiger partial charge in [0.2, 0.25) is 0 Å². The topological polar surface area (TPSA) is 57.6 Å². The SMILES string of the molecule is CCCCCCN1C(=O)C(O)=C(C(C)=O)[C@@H]1c1ccc(Cl)cc1. The minimum absolute atomic E-state index is 0.174. The van der Waals surface area contributed by atoms with Crippen molar-refractivity contribution in [3.05, 3.63) is 46.2 Å². The highest BCUT2D eigenvalue weighted by molar-refractivity contribution is 6.30. The second kappa shape index (κ2) is 7.64. The number of hydrogen-bond acceptors (Lipinski definition) is 3. The zero-order chi connectivity index (χ0) is 17.0.